The first-order chi connectivity index (χ1) is 5.34. The molecule has 62 valence electrons. The van der Waals surface area contributed by atoms with Crippen molar-refractivity contribution in [1.29, 1.82) is 0 Å². The molecule has 3 fully saturated rings. The van der Waals surface area contributed by atoms with Crippen LogP contribution >= 0.6 is 0 Å². The summed E-state index contributed by atoms with van der Waals surface area (Å²) in [6, 6.07) is 0. The Morgan fingerprint density at radius 3 is 2.18 bits per heavy atom. The predicted molar refractivity (Wildman–Crippen MR) is 42.4 cm³/mol. The van der Waals surface area contributed by atoms with Crippen LogP contribution in [-0.4, -0.2) is 37.2 Å². The van der Waals surface area contributed by atoms with Gasteiger partial charge in [0.1, 0.15) is 0 Å². The average molecular weight is 153 g/mol. The maximum atomic E-state index is 5.86. The van der Waals surface area contributed by atoms with Crippen LogP contribution in [0.3, 0.4) is 0 Å². The Morgan fingerprint density at radius 2 is 1.64 bits per heavy atom. The zero-order valence-corrected chi connectivity index (χ0v) is 6.99. The lowest BCUT2D eigenvalue weighted by atomic mass is 9.82. The van der Waals surface area contributed by atoms with E-state index in [1.807, 2.05) is 0 Å². The molecule has 3 heterocycles. The van der Waals surface area contributed by atoms with Crippen LogP contribution in [0.2, 0.25) is 0 Å². The monoisotopic (exact) mass is 153 g/mol. The van der Waals surface area contributed by atoms with E-state index < -0.39 is 0 Å². The normalized spacial score (nSPS) is 55.4. The lowest BCUT2D eigenvalue weighted by Gasteiger charge is -2.18. The van der Waals surface area contributed by atoms with Gasteiger partial charge in [-0.1, -0.05) is 0 Å². The van der Waals surface area contributed by atoms with Gasteiger partial charge in [0.05, 0.1) is 12.2 Å². The van der Waals surface area contributed by atoms with Crippen LogP contribution in [0.15, 0.2) is 0 Å². The highest BCUT2D eigenvalue weighted by molar-refractivity contribution is 5.01. The summed E-state index contributed by atoms with van der Waals surface area (Å²) in [7, 11) is 2.23. The largest absolute Gasteiger partial charge is 0.374 e. The van der Waals surface area contributed by atoms with Crippen molar-refractivity contribution >= 4 is 0 Å². The van der Waals surface area contributed by atoms with Crippen molar-refractivity contribution in [1.82, 2.24) is 4.90 Å². The zero-order chi connectivity index (χ0) is 7.42. The van der Waals surface area contributed by atoms with Gasteiger partial charge in [0.25, 0.3) is 0 Å². The molecule has 3 saturated heterocycles. The first kappa shape index (κ1) is 6.44. The molecule has 4 atom stereocenters. The number of hydrogen-bond donors (Lipinski definition) is 0. The molecule has 0 aromatic heterocycles. The van der Waals surface area contributed by atoms with Crippen molar-refractivity contribution in [2.45, 2.75) is 25.0 Å². The first-order valence-corrected chi connectivity index (χ1v) is 4.68. The van der Waals surface area contributed by atoms with Gasteiger partial charge in [-0.3, -0.25) is 0 Å². The number of nitrogens with zero attached hydrogens (tertiary/aromatic N) is 1. The fraction of sp³-hybridized carbons (Fsp3) is 1.00. The van der Waals surface area contributed by atoms with Gasteiger partial charge in [0, 0.05) is 24.9 Å². The zero-order valence-electron chi connectivity index (χ0n) is 6.99. The molecule has 0 N–H and O–H groups in total. The van der Waals surface area contributed by atoms with E-state index in [2.05, 4.69) is 11.9 Å². The van der Waals surface area contributed by atoms with Gasteiger partial charge in [-0.25, -0.2) is 0 Å². The minimum atomic E-state index is 0.634. The van der Waals surface area contributed by atoms with Gasteiger partial charge in [-0.15, -0.1) is 0 Å². The van der Waals surface area contributed by atoms with Crippen molar-refractivity contribution in [3.05, 3.63) is 0 Å². The molecule has 0 aromatic rings. The van der Waals surface area contributed by atoms with Crippen LogP contribution in [0, 0.1) is 11.8 Å². The standard InChI is InChI=1S/C9H15NO/c1-10-4-6-7(5-10)9-3-2-8(6)11-9/h6-9H,2-5H2,1H3/t6-,7+,8-,9-/m1/s1. The molecule has 2 bridgehead atoms. The molecule has 3 aliphatic heterocycles. The Hall–Kier alpha value is -0.0800. The molecule has 3 rings (SSSR count). The van der Waals surface area contributed by atoms with Crippen molar-refractivity contribution in [2.24, 2.45) is 11.8 Å². The summed E-state index contributed by atoms with van der Waals surface area (Å²) >= 11 is 0. The van der Waals surface area contributed by atoms with Crippen LogP contribution in [0.1, 0.15) is 12.8 Å². The molecular weight excluding hydrogens is 138 g/mol. The summed E-state index contributed by atoms with van der Waals surface area (Å²) in [5.74, 6) is 1.78. The Labute approximate surface area is 67.5 Å². The Balaban J connectivity index is 1.87. The quantitative estimate of drug-likeness (QED) is 0.508. The minimum absolute atomic E-state index is 0.634. The molecule has 0 unspecified atom stereocenters. The van der Waals surface area contributed by atoms with Gasteiger partial charge < -0.3 is 9.64 Å². The molecule has 2 nitrogen and oxygen atoms in total. The molecule has 0 spiro atoms. The summed E-state index contributed by atoms with van der Waals surface area (Å²) in [5, 5.41) is 0. The van der Waals surface area contributed by atoms with E-state index in [9.17, 15) is 0 Å². The number of ether oxygens (including phenoxy) is 1. The van der Waals surface area contributed by atoms with E-state index in [4.69, 9.17) is 4.74 Å². The van der Waals surface area contributed by atoms with E-state index >= 15 is 0 Å². The van der Waals surface area contributed by atoms with Crippen LogP contribution in [0.5, 0.6) is 0 Å². The molecule has 0 saturated carbocycles. The van der Waals surface area contributed by atoms with E-state index in [0.717, 1.165) is 11.8 Å². The molecule has 0 amide bonds. The maximum absolute atomic E-state index is 5.86. The van der Waals surface area contributed by atoms with Gasteiger partial charge >= 0.3 is 0 Å². The lowest BCUT2D eigenvalue weighted by Crippen LogP contribution is -2.24. The number of fused-ring (bicyclic) bond motifs is 5. The Bertz CT molecular complexity index is 164. The van der Waals surface area contributed by atoms with E-state index in [1.54, 1.807) is 0 Å². The number of likely N-dealkylation sites (tertiary alicyclic amines) is 1. The molecule has 0 aliphatic carbocycles. The van der Waals surface area contributed by atoms with Crippen molar-refractivity contribution in [3.63, 3.8) is 0 Å². The van der Waals surface area contributed by atoms with E-state index in [0.29, 0.717) is 12.2 Å². The highest BCUT2D eigenvalue weighted by Crippen LogP contribution is 2.46. The molecule has 3 aliphatic rings. The smallest absolute Gasteiger partial charge is 0.0624 e. The topological polar surface area (TPSA) is 12.5 Å². The van der Waals surface area contributed by atoms with Crippen LogP contribution in [0.4, 0.5) is 0 Å². The highest BCUT2D eigenvalue weighted by atomic mass is 16.5. The van der Waals surface area contributed by atoms with Crippen LogP contribution < -0.4 is 0 Å². The van der Waals surface area contributed by atoms with Crippen LogP contribution in [-0.2, 0) is 4.74 Å². The summed E-state index contributed by atoms with van der Waals surface area (Å²) in [6.07, 6.45) is 3.93. The third-order valence-electron chi connectivity index (χ3n) is 3.64. The second kappa shape index (κ2) is 1.99. The average Bonchev–Trinajstić information content (AvgIpc) is 2.53. The summed E-state index contributed by atoms with van der Waals surface area (Å²) in [4.78, 5) is 2.46. The lowest BCUT2D eigenvalue weighted by molar-refractivity contribution is 0.0735. The van der Waals surface area contributed by atoms with Gasteiger partial charge in [0.15, 0.2) is 0 Å². The number of hydrogen-bond acceptors (Lipinski definition) is 2. The third-order valence-corrected chi connectivity index (χ3v) is 3.64. The maximum Gasteiger partial charge on any atom is 0.0624 e. The predicted octanol–water partition coefficient (Wildman–Crippen LogP) is 0.725. The van der Waals surface area contributed by atoms with Crippen LogP contribution in [0.25, 0.3) is 0 Å². The summed E-state index contributed by atoms with van der Waals surface area (Å²) in [5.41, 5.74) is 0. The number of rotatable bonds is 0. The first-order valence-electron chi connectivity index (χ1n) is 4.68. The Morgan fingerprint density at radius 1 is 1.09 bits per heavy atom. The SMILES string of the molecule is CN1C[C@@H]2[C@H](C1)[C@H]1CC[C@H]2O1. The van der Waals surface area contributed by atoms with Crippen molar-refractivity contribution in [2.75, 3.05) is 20.1 Å². The van der Waals surface area contributed by atoms with Crippen molar-refractivity contribution < 1.29 is 4.74 Å². The molecule has 0 radical (unpaired) electrons. The molecular formula is C9H15NO. The second-order valence-electron chi connectivity index (χ2n) is 4.34. The summed E-state index contributed by atoms with van der Waals surface area (Å²) in [6.45, 7) is 2.57. The fourth-order valence-corrected chi connectivity index (χ4v) is 3.17. The molecule has 11 heavy (non-hydrogen) atoms. The Kier molecular flexibility index (Phi) is 1.16. The highest BCUT2D eigenvalue weighted by Gasteiger charge is 2.52. The van der Waals surface area contributed by atoms with E-state index in [-0.39, 0.29) is 0 Å². The van der Waals surface area contributed by atoms with E-state index in [1.165, 1.54) is 25.9 Å². The third kappa shape index (κ3) is 0.744. The van der Waals surface area contributed by atoms with Gasteiger partial charge in [0.2, 0.25) is 0 Å². The molecule has 2 heteroatoms. The van der Waals surface area contributed by atoms with Gasteiger partial charge in [-0.2, -0.15) is 0 Å². The van der Waals surface area contributed by atoms with Gasteiger partial charge in [-0.05, 0) is 19.9 Å². The minimum Gasteiger partial charge on any atom is -0.374 e. The molecule has 0 aromatic carbocycles. The summed E-state index contributed by atoms with van der Waals surface area (Å²) < 4.78 is 5.86. The second-order valence-corrected chi connectivity index (χ2v) is 4.34. The fourth-order valence-electron chi connectivity index (χ4n) is 3.17. The van der Waals surface area contributed by atoms with Crippen molar-refractivity contribution in [3.8, 4) is 0 Å².